The van der Waals surface area contributed by atoms with Crippen molar-refractivity contribution in [3.63, 3.8) is 0 Å². The van der Waals surface area contributed by atoms with Crippen molar-refractivity contribution < 1.29 is 4.79 Å². The summed E-state index contributed by atoms with van der Waals surface area (Å²) < 4.78 is 0. The molecule has 1 heterocycles. The van der Waals surface area contributed by atoms with Crippen LogP contribution in [0, 0.1) is 24.7 Å². The number of rotatable bonds is 6. The number of benzene rings is 2. The van der Waals surface area contributed by atoms with Crippen LogP contribution in [-0.4, -0.2) is 10.8 Å². The third-order valence-electron chi connectivity index (χ3n) is 8.61. The van der Waals surface area contributed by atoms with Gasteiger partial charge in [-0.1, -0.05) is 54.1 Å². The molecule has 4 aliphatic carbocycles. The second-order valence-electron chi connectivity index (χ2n) is 11.2. The first-order chi connectivity index (χ1) is 16.1. The van der Waals surface area contributed by atoms with Gasteiger partial charge in [-0.3, -0.25) is 9.78 Å². The minimum absolute atomic E-state index is 0.160. The zero-order valence-electron chi connectivity index (χ0n) is 19.6. The molecule has 0 spiro atoms. The predicted molar refractivity (Wildman–Crippen MR) is 133 cm³/mol. The van der Waals surface area contributed by atoms with E-state index in [2.05, 4.69) is 60.4 Å². The van der Waals surface area contributed by atoms with E-state index in [0.717, 1.165) is 34.6 Å². The number of aryl methyl sites for hydroxylation is 1. The Morgan fingerprint density at radius 2 is 1.58 bits per heavy atom. The number of carbonyl (C=O) groups is 1. The number of hydrogen-bond donors (Lipinski definition) is 0. The summed E-state index contributed by atoms with van der Waals surface area (Å²) in [4.78, 5) is 17.8. The molecule has 3 aromatic rings. The van der Waals surface area contributed by atoms with Gasteiger partial charge in [0.2, 0.25) is 0 Å². The maximum atomic E-state index is 13.3. The normalized spacial score (nSPS) is 27.6. The topological polar surface area (TPSA) is 30.0 Å². The first kappa shape index (κ1) is 20.8. The molecule has 33 heavy (non-hydrogen) atoms. The van der Waals surface area contributed by atoms with Gasteiger partial charge in [0.25, 0.3) is 0 Å². The summed E-state index contributed by atoms with van der Waals surface area (Å²) in [5, 5.41) is 0. The highest BCUT2D eigenvalue weighted by Gasteiger charge is 2.51. The van der Waals surface area contributed by atoms with Gasteiger partial charge in [-0.05, 0) is 97.4 Å². The molecule has 0 radical (unpaired) electrons. The van der Waals surface area contributed by atoms with E-state index in [1.54, 1.807) is 6.20 Å². The zero-order chi connectivity index (χ0) is 22.4. The van der Waals surface area contributed by atoms with Crippen LogP contribution in [0.1, 0.15) is 76.8 Å². The van der Waals surface area contributed by atoms with Crippen LogP contribution < -0.4 is 0 Å². The third kappa shape index (κ3) is 4.05. The van der Waals surface area contributed by atoms with Gasteiger partial charge in [0, 0.05) is 24.6 Å². The molecule has 2 heteroatoms. The summed E-state index contributed by atoms with van der Waals surface area (Å²) in [7, 11) is 0. The van der Waals surface area contributed by atoms with E-state index in [9.17, 15) is 4.79 Å². The Morgan fingerprint density at radius 1 is 0.879 bits per heavy atom. The number of pyridine rings is 1. The number of aromatic nitrogens is 1. The van der Waals surface area contributed by atoms with Gasteiger partial charge < -0.3 is 0 Å². The molecule has 4 aliphatic rings. The van der Waals surface area contributed by atoms with Gasteiger partial charge in [-0.25, -0.2) is 0 Å². The first-order valence-corrected chi connectivity index (χ1v) is 12.7. The largest absolute Gasteiger partial charge is 0.294 e. The quantitative estimate of drug-likeness (QED) is 0.395. The monoisotopic (exact) mass is 435 g/mol. The zero-order valence-corrected chi connectivity index (χ0v) is 19.6. The molecule has 168 valence electrons. The lowest BCUT2D eigenvalue weighted by Gasteiger charge is -2.57. The fraction of sp³-hybridized carbons (Fsp3) is 0.419. The molecule has 0 N–H and O–H groups in total. The van der Waals surface area contributed by atoms with Crippen LogP contribution in [0.3, 0.4) is 0 Å². The molecule has 0 unspecified atom stereocenters. The average Bonchev–Trinajstić information content (AvgIpc) is 2.79. The summed E-state index contributed by atoms with van der Waals surface area (Å²) in [6.45, 7) is 2.10. The van der Waals surface area contributed by atoms with Crippen LogP contribution in [0.25, 0.3) is 0 Å². The lowest BCUT2D eigenvalue weighted by Crippen LogP contribution is -2.48. The Hall–Kier alpha value is -2.74. The standard InChI is InChI=1S/C31H33NO/c1-21-4-2-5-23(12-21)16-29-28(6-3-11-32-29)30(33)17-22-7-9-27(10-8-22)31-18-24-13-25(19-31)15-26(14-24)20-31/h2-12,24-26H,13-20H2,1H3. The second-order valence-corrected chi connectivity index (χ2v) is 11.2. The molecule has 7 rings (SSSR count). The predicted octanol–water partition coefficient (Wildman–Crippen LogP) is 6.87. The lowest BCUT2D eigenvalue weighted by atomic mass is 9.48. The molecule has 0 saturated heterocycles. The van der Waals surface area contributed by atoms with Crippen molar-refractivity contribution in [2.45, 2.75) is 63.7 Å². The van der Waals surface area contributed by atoms with E-state index >= 15 is 0 Å². The third-order valence-corrected chi connectivity index (χ3v) is 8.61. The van der Waals surface area contributed by atoms with Crippen LogP contribution in [0.2, 0.25) is 0 Å². The van der Waals surface area contributed by atoms with E-state index in [1.165, 1.54) is 55.2 Å². The molecular weight excluding hydrogens is 402 g/mol. The molecular formula is C31H33NO. The molecule has 1 aromatic heterocycles. The highest BCUT2D eigenvalue weighted by Crippen LogP contribution is 2.60. The molecule has 0 aliphatic heterocycles. The van der Waals surface area contributed by atoms with Crippen molar-refractivity contribution in [1.29, 1.82) is 0 Å². The highest BCUT2D eigenvalue weighted by atomic mass is 16.1. The Morgan fingerprint density at radius 3 is 2.24 bits per heavy atom. The van der Waals surface area contributed by atoms with Crippen LogP contribution in [-0.2, 0) is 18.3 Å². The summed E-state index contributed by atoms with van der Waals surface area (Å²) >= 11 is 0. The van der Waals surface area contributed by atoms with E-state index in [4.69, 9.17) is 0 Å². The van der Waals surface area contributed by atoms with Gasteiger partial charge in [0.05, 0.1) is 5.69 Å². The number of hydrogen-bond acceptors (Lipinski definition) is 2. The number of Topliss-reactive ketones (excluding diaryl/α,β-unsaturated/α-hetero) is 1. The molecule has 0 atom stereocenters. The average molecular weight is 436 g/mol. The van der Waals surface area contributed by atoms with Crippen molar-refractivity contribution >= 4 is 5.78 Å². The highest BCUT2D eigenvalue weighted by molar-refractivity contribution is 5.98. The van der Waals surface area contributed by atoms with E-state index < -0.39 is 0 Å². The van der Waals surface area contributed by atoms with Gasteiger partial charge in [-0.15, -0.1) is 0 Å². The van der Waals surface area contributed by atoms with Crippen molar-refractivity contribution in [2.24, 2.45) is 17.8 Å². The Labute approximate surface area is 197 Å². The summed E-state index contributed by atoms with van der Waals surface area (Å²) in [6, 6.07) is 21.4. The SMILES string of the molecule is Cc1cccc(Cc2ncccc2C(=O)Cc2ccc(C34CC5CC(CC(C5)C3)C4)cc2)c1. The smallest absolute Gasteiger partial charge is 0.169 e. The molecule has 0 amide bonds. The Balaban J connectivity index is 1.19. The van der Waals surface area contributed by atoms with E-state index in [1.807, 2.05) is 12.1 Å². The van der Waals surface area contributed by atoms with Crippen molar-refractivity contribution in [3.05, 3.63) is 100 Å². The van der Waals surface area contributed by atoms with Gasteiger partial charge in [0.15, 0.2) is 5.78 Å². The second kappa shape index (κ2) is 8.24. The van der Waals surface area contributed by atoms with Gasteiger partial charge in [0.1, 0.15) is 0 Å². The van der Waals surface area contributed by atoms with Crippen LogP contribution in [0.5, 0.6) is 0 Å². The number of ketones is 1. The van der Waals surface area contributed by atoms with Gasteiger partial charge in [-0.2, -0.15) is 0 Å². The van der Waals surface area contributed by atoms with Crippen molar-refractivity contribution in [1.82, 2.24) is 4.98 Å². The maximum absolute atomic E-state index is 13.3. The molecule has 2 aromatic carbocycles. The Bertz CT molecular complexity index is 1140. The molecule has 4 fully saturated rings. The Kier molecular flexibility index (Phi) is 5.20. The van der Waals surface area contributed by atoms with E-state index in [0.29, 0.717) is 18.3 Å². The molecule has 4 bridgehead atoms. The van der Waals surface area contributed by atoms with Crippen LogP contribution >= 0.6 is 0 Å². The molecule has 4 saturated carbocycles. The summed E-state index contributed by atoms with van der Waals surface area (Å²) in [5.41, 5.74) is 7.11. The van der Waals surface area contributed by atoms with Crippen molar-refractivity contribution in [3.8, 4) is 0 Å². The summed E-state index contributed by atoms with van der Waals surface area (Å²) in [5.74, 6) is 3.02. The first-order valence-electron chi connectivity index (χ1n) is 12.7. The van der Waals surface area contributed by atoms with E-state index in [-0.39, 0.29) is 5.78 Å². The summed E-state index contributed by atoms with van der Waals surface area (Å²) in [6.07, 6.45) is 11.5. The maximum Gasteiger partial charge on any atom is 0.169 e. The number of carbonyl (C=O) groups excluding carboxylic acids is 1. The van der Waals surface area contributed by atoms with Crippen molar-refractivity contribution in [2.75, 3.05) is 0 Å². The fourth-order valence-electron chi connectivity index (χ4n) is 7.57. The number of nitrogens with zero attached hydrogens (tertiary/aromatic N) is 1. The fourth-order valence-corrected chi connectivity index (χ4v) is 7.57. The minimum atomic E-state index is 0.160. The minimum Gasteiger partial charge on any atom is -0.294 e. The van der Waals surface area contributed by atoms with Gasteiger partial charge >= 0.3 is 0 Å². The lowest BCUT2D eigenvalue weighted by molar-refractivity contribution is -0.00519. The van der Waals surface area contributed by atoms with Crippen LogP contribution in [0.15, 0.2) is 66.9 Å². The molecule has 2 nitrogen and oxygen atoms in total. The van der Waals surface area contributed by atoms with Crippen LogP contribution in [0.4, 0.5) is 0 Å².